The molecular weight excluding hydrogens is 328 g/mol. The predicted octanol–water partition coefficient (Wildman–Crippen LogP) is 6.14. The Hall–Kier alpha value is -1.93. The van der Waals surface area contributed by atoms with Crippen molar-refractivity contribution in [1.82, 2.24) is 9.97 Å². The van der Waals surface area contributed by atoms with Gasteiger partial charge in [0.15, 0.2) is 0 Å². The maximum Gasteiger partial charge on any atom is 0.0479 e. The van der Waals surface area contributed by atoms with Crippen molar-refractivity contribution in [3.63, 3.8) is 0 Å². The van der Waals surface area contributed by atoms with Gasteiger partial charge in [0.2, 0.25) is 0 Å². The topological polar surface area (TPSA) is 25.8 Å². The van der Waals surface area contributed by atoms with E-state index in [4.69, 9.17) is 11.6 Å². The van der Waals surface area contributed by atoms with Crippen LogP contribution in [0.15, 0.2) is 42.6 Å². The van der Waals surface area contributed by atoms with Gasteiger partial charge in [-0.3, -0.25) is 9.97 Å². The zero-order valence-electron chi connectivity index (χ0n) is 15.2. The summed E-state index contributed by atoms with van der Waals surface area (Å²) < 4.78 is 0. The molecule has 0 aliphatic heterocycles. The Bertz CT molecular complexity index is 871. The van der Waals surface area contributed by atoms with Gasteiger partial charge < -0.3 is 0 Å². The van der Waals surface area contributed by atoms with E-state index in [0.29, 0.717) is 5.92 Å². The van der Waals surface area contributed by atoms with Crippen LogP contribution >= 0.6 is 11.6 Å². The Kier molecular flexibility index (Phi) is 5.70. The molecule has 2 heterocycles. The molecule has 4 rings (SSSR count). The molecular formula is C22H25ClN2. The van der Waals surface area contributed by atoms with E-state index in [0.717, 1.165) is 22.5 Å². The summed E-state index contributed by atoms with van der Waals surface area (Å²) in [6, 6.07) is 12.3. The maximum atomic E-state index is 5.92. The van der Waals surface area contributed by atoms with Crippen LogP contribution < -0.4 is 0 Å². The summed E-state index contributed by atoms with van der Waals surface area (Å²) in [5.74, 6) is 0.566. The first-order valence-corrected chi connectivity index (χ1v) is 9.48. The lowest BCUT2D eigenvalue weighted by atomic mass is 10.1. The Labute approximate surface area is 155 Å². The zero-order valence-corrected chi connectivity index (χ0v) is 16.0. The van der Waals surface area contributed by atoms with Gasteiger partial charge in [-0.15, -0.1) is 0 Å². The van der Waals surface area contributed by atoms with Crippen LogP contribution in [0.2, 0.25) is 5.02 Å². The van der Waals surface area contributed by atoms with E-state index in [1.807, 2.05) is 30.5 Å². The van der Waals surface area contributed by atoms with Crippen LogP contribution in [0.25, 0.3) is 10.8 Å². The smallest absolute Gasteiger partial charge is 0.0479 e. The minimum atomic E-state index is 0.566. The largest absolute Gasteiger partial charge is 0.261 e. The number of aryl methyl sites for hydroxylation is 3. The molecule has 0 saturated carbocycles. The number of hydrogen-bond donors (Lipinski definition) is 0. The second-order valence-corrected chi connectivity index (χ2v) is 7.26. The molecule has 2 aromatic heterocycles. The second kappa shape index (κ2) is 7.97. The van der Waals surface area contributed by atoms with Crippen molar-refractivity contribution in [2.45, 2.75) is 52.4 Å². The van der Waals surface area contributed by atoms with Crippen molar-refractivity contribution in [1.29, 1.82) is 0 Å². The minimum absolute atomic E-state index is 0.566. The van der Waals surface area contributed by atoms with Gasteiger partial charge in [-0.05, 0) is 66.8 Å². The first kappa shape index (κ1) is 17.9. The quantitative estimate of drug-likeness (QED) is 0.553. The van der Waals surface area contributed by atoms with E-state index in [2.05, 4.69) is 42.9 Å². The van der Waals surface area contributed by atoms with Crippen molar-refractivity contribution in [3.05, 3.63) is 70.3 Å². The highest BCUT2D eigenvalue weighted by Gasteiger charge is 2.13. The van der Waals surface area contributed by atoms with Gasteiger partial charge in [-0.2, -0.15) is 0 Å². The predicted molar refractivity (Wildman–Crippen MR) is 106 cm³/mol. The van der Waals surface area contributed by atoms with Crippen molar-refractivity contribution in [2.75, 3.05) is 0 Å². The molecule has 1 aliphatic carbocycles. The Morgan fingerprint density at radius 1 is 1.08 bits per heavy atom. The highest BCUT2D eigenvalue weighted by molar-refractivity contribution is 6.31. The fourth-order valence-corrected chi connectivity index (χ4v) is 3.41. The number of rotatable bonds is 2. The van der Waals surface area contributed by atoms with Gasteiger partial charge in [0, 0.05) is 33.7 Å². The number of benzene rings is 1. The highest BCUT2D eigenvalue weighted by Crippen LogP contribution is 2.23. The number of pyridine rings is 2. The van der Waals surface area contributed by atoms with E-state index in [1.165, 1.54) is 41.6 Å². The molecule has 0 saturated heterocycles. The molecule has 0 bridgehead atoms. The van der Waals surface area contributed by atoms with Gasteiger partial charge >= 0.3 is 0 Å². The van der Waals surface area contributed by atoms with Crippen molar-refractivity contribution in [3.8, 4) is 0 Å². The standard InChI is InChI=1S/C11H10ClN.C11H15N/c1-2-11-10-7-9(12)4-3-8(10)5-6-13-11;1-8(2)10-7-6-9-4-3-5-11(9)12-10/h3-7H,2H2,1H3;6-8H,3-5H2,1-2H3. The molecule has 3 aromatic rings. The van der Waals surface area contributed by atoms with E-state index in [-0.39, 0.29) is 0 Å². The number of hydrogen-bond acceptors (Lipinski definition) is 2. The summed E-state index contributed by atoms with van der Waals surface area (Å²) in [7, 11) is 0. The molecule has 130 valence electrons. The molecule has 1 aromatic carbocycles. The van der Waals surface area contributed by atoms with E-state index >= 15 is 0 Å². The lowest BCUT2D eigenvalue weighted by molar-refractivity contribution is 0.806. The summed E-state index contributed by atoms with van der Waals surface area (Å²) in [4.78, 5) is 8.96. The minimum Gasteiger partial charge on any atom is -0.261 e. The number of fused-ring (bicyclic) bond motifs is 2. The Balaban J connectivity index is 0.000000146. The van der Waals surface area contributed by atoms with Crippen molar-refractivity contribution < 1.29 is 0 Å². The Morgan fingerprint density at radius 3 is 2.68 bits per heavy atom. The van der Waals surface area contributed by atoms with Crippen molar-refractivity contribution in [2.24, 2.45) is 0 Å². The third kappa shape index (κ3) is 4.19. The van der Waals surface area contributed by atoms with Crippen molar-refractivity contribution >= 4 is 22.4 Å². The van der Waals surface area contributed by atoms with Crippen LogP contribution in [-0.4, -0.2) is 9.97 Å². The zero-order chi connectivity index (χ0) is 17.8. The van der Waals surface area contributed by atoms with Gasteiger partial charge in [0.05, 0.1) is 0 Å². The number of aromatic nitrogens is 2. The van der Waals surface area contributed by atoms with Crippen LogP contribution in [0.4, 0.5) is 0 Å². The van der Waals surface area contributed by atoms with Gasteiger partial charge in [-0.25, -0.2) is 0 Å². The first-order valence-electron chi connectivity index (χ1n) is 9.10. The van der Waals surface area contributed by atoms with Crippen LogP contribution in [-0.2, 0) is 19.3 Å². The molecule has 0 unspecified atom stereocenters. The lowest BCUT2D eigenvalue weighted by Crippen LogP contribution is -1.96. The number of halogens is 1. The molecule has 0 N–H and O–H groups in total. The van der Waals surface area contributed by atoms with E-state index in [1.54, 1.807) is 0 Å². The average Bonchev–Trinajstić information content (AvgIpc) is 3.09. The van der Waals surface area contributed by atoms with Crippen LogP contribution in [0.3, 0.4) is 0 Å². The molecule has 1 aliphatic rings. The fourth-order valence-electron chi connectivity index (χ4n) is 3.24. The fraction of sp³-hybridized carbons (Fsp3) is 0.364. The second-order valence-electron chi connectivity index (χ2n) is 6.83. The molecule has 2 nitrogen and oxygen atoms in total. The number of nitrogens with zero attached hydrogens (tertiary/aromatic N) is 2. The molecule has 0 atom stereocenters. The normalized spacial score (nSPS) is 12.8. The van der Waals surface area contributed by atoms with E-state index in [9.17, 15) is 0 Å². The molecule has 0 fully saturated rings. The summed E-state index contributed by atoms with van der Waals surface area (Å²) in [6.07, 6.45) is 6.51. The SMILES string of the molecule is CC(C)c1ccc2c(n1)CCC2.CCc1nccc2ccc(Cl)cc12. The van der Waals surface area contributed by atoms with Crippen LogP contribution in [0.1, 0.15) is 55.8 Å². The Morgan fingerprint density at radius 2 is 1.92 bits per heavy atom. The molecule has 0 amide bonds. The van der Waals surface area contributed by atoms with Gasteiger partial charge in [-0.1, -0.05) is 44.5 Å². The maximum absolute atomic E-state index is 5.92. The summed E-state index contributed by atoms with van der Waals surface area (Å²) >= 11 is 5.92. The molecule has 0 spiro atoms. The van der Waals surface area contributed by atoms with Crippen LogP contribution in [0.5, 0.6) is 0 Å². The average molecular weight is 353 g/mol. The lowest BCUT2D eigenvalue weighted by Gasteiger charge is -2.06. The summed E-state index contributed by atoms with van der Waals surface area (Å²) in [6.45, 7) is 6.50. The molecule has 25 heavy (non-hydrogen) atoms. The monoisotopic (exact) mass is 352 g/mol. The third-order valence-corrected chi connectivity index (χ3v) is 4.92. The molecule has 3 heteroatoms. The van der Waals surface area contributed by atoms with Gasteiger partial charge in [0.1, 0.15) is 0 Å². The summed E-state index contributed by atoms with van der Waals surface area (Å²) in [5.41, 5.74) is 5.18. The van der Waals surface area contributed by atoms with Crippen LogP contribution in [0, 0.1) is 0 Å². The first-order chi connectivity index (χ1) is 12.1. The highest BCUT2D eigenvalue weighted by atomic mass is 35.5. The third-order valence-electron chi connectivity index (χ3n) is 4.69. The van der Waals surface area contributed by atoms with Gasteiger partial charge in [0.25, 0.3) is 0 Å². The van der Waals surface area contributed by atoms with E-state index < -0.39 is 0 Å². The molecule has 0 radical (unpaired) electrons. The summed E-state index contributed by atoms with van der Waals surface area (Å²) in [5, 5.41) is 3.14.